The highest BCUT2D eigenvalue weighted by Crippen LogP contribution is 2.29. The van der Waals surface area contributed by atoms with Gasteiger partial charge in [-0.05, 0) is 6.07 Å². The number of alkyl halides is 3. The van der Waals surface area contributed by atoms with Gasteiger partial charge in [0.05, 0.1) is 11.6 Å². The molecule has 0 atom stereocenters. The second kappa shape index (κ2) is 3.77. The monoisotopic (exact) mass is 294 g/mol. The van der Waals surface area contributed by atoms with E-state index in [9.17, 15) is 13.2 Å². The third-order valence-corrected chi connectivity index (χ3v) is 2.90. The van der Waals surface area contributed by atoms with Gasteiger partial charge < -0.3 is 0 Å². The van der Waals surface area contributed by atoms with Crippen molar-refractivity contribution in [3.05, 3.63) is 24.3 Å². The van der Waals surface area contributed by atoms with Crippen molar-refractivity contribution in [1.82, 2.24) is 40.0 Å². The van der Waals surface area contributed by atoms with Crippen molar-refractivity contribution >= 4 is 16.7 Å². The number of aromatic nitrogens is 8. The molecule has 0 saturated carbocycles. The Morgan fingerprint density at radius 3 is 2.81 bits per heavy atom. The summed E-state index contributed by atoms with van der Waals surface area (Å²) in [7, 11) is 0. The SMILES string of the molecule is FC(F)(F)c1cc(-c2nc3c4cn[nH]c4ncn3n2)n[nH]1. The van der Waals surface area contributed by atoms with Crippen LogP contribution in [0.5, 0.6) is 0 Å². The Balaban J connectivity index is 1.88. The first kappa shape index (κ1) is 11.8. The summed E-state index contributed by atoms with van der Waals surface area (Å²) in [6, 6.07) is 0.856. The van der Waals surface area contributed by atoms with Crippen molar-refractivity contribution in [3.63, 3.8) is 0 Å². The Morgan fingerprint density at radius 2 is 2.05 bits per heavy atom. The molecule has 0 spiro atoms. The number of hydrogen-bond donors (Lipinski definition) is 2. The number of fused-ring (bicyclic) bond motifs is 3. The molecule has 4 heterocycles. The first-order valence-corrected chi connectivity index (χ1v) is 5.70. The molecule has 4 aromatic heterocycles. The molecule has 106 valence electrons. The van der Waals surface area contributed by atoms with E-state index in [2.05, 4.69) is 30.4 Å². The molecular formula is C10H5F3N8. The lowest BCUT2D eigenvalue weighted by molar-refractivity contribution is -0.141. The van der Waals surface area contributed by atoms with Gasteiger partial charge in [-0.2, -0.15) is 23.4 Å². The highest BCUT2D eigenvalue weighted by molar-refractivity contribution is 5.88. The van der Waals surface area contributed by atoms with Crippen molar-refractivity contribution in [2.45, 2.75) is 6.18 Å². The zero-order valence-electron chi connectivity index (χ0n) is 10.0. The fourth-order valence-corrected chi connectivity index (χ4v) is 1.93. The van der Waals surface area contributed by atoms with E-state index in [4.69, 9.17) is 0 Å². The minimum absolute atomic E-state index is 0.00247. The molecular weight excluding hydrogens is 289 g/mol. The molecule has 11 heteroatoms. The Morgan fingerprint density at radius 1 is 1.19 bits per heavy atom. The Bertz CT molecular complexity index is 946. The summed E-state index contributed by atoms with van der Waals surface area (Å²) in [6.07, 6.45) is -1.59. The van der Waals surface area contributed by atoms with E-state index in [1.807, 2.05) is 5.10 Å². The van der Waals surface area contributed by atoms with Gasteiger partial charge in [0.2, 0.25) is 5.82 Å². The van der Waals surface area contributed by atoms with Crippen LogP contribution >= 0.6 is 0 Å². The number of hydrogen-bond acceptors (Lipinski definition) is 5. The molecule has 0 amide bonds. The van der Waals surface area contributed by atoms with Crippen LogP contribution in [-0.2, 0) is 6.18 Å². The highest BCUT2D eigenvalue weighted by atomic mass is 19.4. The zero-order chi connectivity index (χ0) is 14.6. The van der Waals surface area contributed by atoms with Crippen LogP contribution in [0, 0.1) is 0 Å². The summed E-state index contributed by atoms with van der Waals surface area (Å²) in [4.78, 5) is 8.24. The fraction of sp³-hybridized carbons (Fsp3) is 0.100. The molecule has 0 radical (unpaired) electrons. The Kier molecular flexibility index (Phi) is 2.12. The molecule has 0 aliphatic heterocycles. The maximum Gasteiger partial charge on any atom is 0.432 e. The first-order valence-electron chi connectivity index (χ1n) is 5.70. The fourth-order valence-electron chi connectivity index (χ4n) is 1.93. The van der Waals surface area contributed by atoms with E-state index in [-0.39, 0.29) is 11.5 Å². The third-order valence-electron chi connectivity index (χ3n) is 2.90. The van der Waals surface area contributed by atoms with Gasteiger partial charge >= 0.3 is 6.18 Å². The van der Waals surface area contributed by atoms with Gasteiger partial charge in [0.1, 0.15) is 17.7 Å². The summed E-state index contributed by atoms with van der Waals surface area (Å²) in [5.74, 6) is 0.0669. The number of halogens is 3. The van der Waals surface area contributed by atoms with Crippen LogP contribution < -0.4 is 0 Å². The van der Waals surface area contributed by atoms with Crippen LogP contribution in [0.2, 0.25) is 0 Å². The number of nitrogens with zero attached hydrogens (tertiary/aromatic N) is 6. The lowest BCUT2D eigenvalue weighted by Gasteiger charge is -1.99. The van der Waals surface area contributed by atoms with Gasteiger partial charge in [0.15, 0.2) is 11.3 Å². The van der Waals surface area contributed by atoms with Crippen molar-refractivity contribution < 1.29 is 13.2 Å². The van der Waals surface area contributed by atoms with E-state index >= 15 is 0 Å². The average molecular weight is 294 g/mol. The topological polar surface area (TPSA) is 100 Å². The van der Waals surface area contributed by atoms with E-state index in [0.717, 1.165) is 6.07 Å². The molecule has 4 aromatic rings. The Hall–Kier alpha value is -2.98. The van der Waals surface area contributed by atoms with Crippen LogP contribution in [0.4, 0.5) is 13.2 Å². The van der Waals surface area contributed by atoms with Gasteiger partial charge in [-0.25, -0.2) is 14.5 Å². The lowest BCUT2D eigenvalue weighted by atomic mass is 10.3. The summed E-state index contributed by atoms with van der Waals surface area (Å²) >= 11 is 0. The molecule has 2 N–H and O–H groups in total. The molecule has 0 saturated heterocycles. The molecule has 8 nitrogen and oxygen atoms in total. The average Bonchev–Trinajstić information content (AvgIpc) is 3.15. The molecule has 0 fully saturated rings. The van der Waals surface area contributed by atoms with E-state index in [1.54, 1.807) is 0 Å². The van der Waals surface area contributed by atoms with E-state index in [1.165, 1.54) is 17.0 Å². The third kappa shape index (κ3) is 1.74. The summed E-state index contributed by atoms with van der Waals surface area (Å²) in [5.41, 5.74) is -0.00891. The van der Waals surface area contributed by atoms with Gasteiger partial charge in [0, 0.05) is 0 Å². The predicted octanol–water partition coefficient (Wildman–Crippen LogP) is 1.41. The van der Waals surface area contributed by atoms with Gasteiger partial charge in [-0.15, -0.1) is 5.10 Å². The van der Waals surface area contributed by atoms with E-state index in [0.29, 0.717) is 16.7 Å². The largest absolute Gasteiger partial charge is 0.432 e. The summed E-state index contributed by atoms with van der Waals surface area (Å²) in [6.45, 7) is 0. The minimum Gasteiger partial charge on any atom is -0.273 e. The molecule has 21 heavy (non-hydrogen) atoms. The van der Waals surface area contributed by atoms with E-state index < -0.39 is 11.9 Å². The van der Waals surface area contributed by atoms with Gasteiger partial charge in [0.25, 0.3) is 0 Å². The quantitative estimate of drug-likeness (QED) is 0.553. The number of rotatable bonds is 1. The lowest BCUT2D eigenvalue weighted by Crippen LogP contribution is -2.04. The molecule has 0 aromatic carbocycles. The van der Waals surface area contributed by atoms with Crippen molar-refractivity contribution in [3.8, 4) is 11.5 Å². The first-order chi connectivity index (χ1) is 10.0. The standard InChI is InChI=1S/C10H5F3N8/c11-10(12,13)6-1-5(17-18-6)8-16-9-4-2-15-19-7(4)14-3-21(9)20-8/h1-3H,(H,15,19)(H,17,18). The number of nitrogens with one attached hydrogen (secondary N) is 2. The maximum atomic E-state index is 12.5. The van der Waals surface area contributed by atoms with Crippen molar-refractivity contribution in [2.24, 2.45) is 0 Å². The normalized spacial score (nSPS) is 12.5. The molecule has 0 aliphatic rings. The number of H-pyrrole nitrogens is 2. The second-order valence-corrected chi connectivity index (χ2v) is 4.25. The van der Waals surface area contributed by atoms with Gasteiger partial charge in [-0.3, -0.25) is 10.2 Å². The predicted molar refractivity (Wildman–Crippen MR) is 63.0 cm³/mol. The highest BCUT2D eigenvalue weighted by Gasteiger charge is 2.33. The van der Waals surface area contributed by atoms with Crippen molar-refractivity contribution in [1.29, 1.82) is 0 Å². The molecule has 0 aliphatic carbocycles. The van der Waals surface area contributed by atoms with Crippen LogP contribution in [0.3, 0.4) is 0 Å². The summed E-state index contributed by atoms with van der Waals surface area (Å²) in [5, 5.41) is 16.7. The van der Waals surface area contributed by atoms with Crippen LogP contribution in [-0.4, -0.2) is 40.0 Å². The van der Waals surface area contributed by atoms with Crippen LogP contribution in [0.1, 0.15) is 5.69 Å². The minimum atomic E-state index is -4.50. The molecule has 4 rings (SSSR count). The zero-order valence-corrected chi connectivity index (χ0v) is 10.0. The summed E-state index contributed by atoms with van der Waals surface area (Å²) < 4.78 is 39.0. The van der Waals surface area contributed by atoms with Crippen LogP contribution in [0.25, 0.3) is 28.2 Å². The van der Waals surface area contributed by atoms with Crippen molar-refractivity contribution in [2.75, 3.05) is 0 Å². The smallest absolute Gasteiger partial charge is 0.273 e. The molecule has 0 unspecified atom stereocenters. The Labute approximate surface area is 113 Å². The molecule has 0 bridgehead atoms. The van der Waals surface area contributed by atoms with Crippen LogP contribution in [0.15, 0.2) is 18.6 Å². The number of aromatic amines is 2. The maximum absolute atomic E-state index is 12.5. The van der Waals surface area contributed by atoms with Gasteiger partial charge in [-0.1, -0.05) is 0 Å². The second-order valence-electron chi connectivity index (χ2n) is 4.25.